The Morgan fingerprint density at radius 2 is 1.26 bits per heavy atom. The van der Waals surface area contributed by atoms with E-state index in [-0.39, 0.29) is 13.2 Å². The van der Waals surface area contributed by atoms with Gasteiger partial charge in [0.25, 0.3) is 0 Å². The summed E-state index contributed by atoms with van der Waals surface area (Å²) in [5.74, 6) is -0.436. The predicted molar refractivity (Wildman–Crippen MR) is 137 cm³/mol. The summed E-state index contributed by atoms with van der Waals surface area (Å²) >= 11 is 0. The van der Waals surface area contributed by atoms with Crippen molar-refractivity contribution in [3.05, 3.63) is 71.8 Å². The van der Waals surface area contributed by atoms with E-state index in [1.165, 1.54) is 0 Å². The standard InChI is InChI=1S/C26H38O6Si2/c1-33(2,3)30-19-22-23(32-34(4,5)6)24(28-17-20-13-9-7-10-14-20)25(26(27)31-22)29-18-21-15-11-8-12-16-21/h7-16,22-25H,17-19H2,1-6H3/t22-,23+,24+,25-/m1/s1. The molecule has 1 aliphatic heterocycles. The van der Waals surface area contributed by atoms with Gasteiger partial charge in [-0.2, -0.15) is 0 Å². The Morgan fingerprint density at radius 1 is 0.735 bits per heavy atom. The summed E-state index contributed by atoms with van der Waals surface area (Å²) in [6.45, 7) is 13.6. The average Bonchev–Trinajstić information content (AvgIpc) is 2.77. The van der Waals surface area contributed by atoms with Gasteiger partial charge in [-0.1, -0.05) is 60.7 Å². The van der Waals surface area contributed by atoms with Gasteiger partial charge < -0.3 is 23.1 Å². The quantitative estimate of drug-likeness (QED) is 0.313. The molecule has 6 nitrogen and oxygen atoms in total. The second kappa shape index (κ2) is 11.7. The van der Waals surface area contributed by atoms with Gasteiger partial charge in [0.2, 0.25) is 0 Å². The van der Waals surface area contributed by atoms with E-state index in [4.69, 9.17) is 23.1 Å². The van der Waals surface area contributed by atoms with Crippen molar-refractivity contribution in [2.24, 2.45) is 0 Å². The zero-order valence-electron chi connectivity index (χ0n) is 21.2. The zero-order valence-corrected chi connectivity index (χ0v) is 23.2. The van der Waals surface area contributed by atoms with Crippen LogP contribution in [-0.2, 0) is 41.1 Å². The lowest BCUT2D eigenvalue weighted by Gasteiger charge is -2.43. The van der Waals surface area contributed by atoms with E-state index in [2.05, 4.69) is 39.3 Å². The van der Waals surface area contributed by atoms with Gasteiger partial charge in [0.1, 0.15) is 12.2 Å². The first-order valence-electron chi connectivity index (χ1n) is 11.9. The van der Waals surface area contributed by atoms with Gasteiger partial charge in [0.15, 0.2) is 28.8 Å². The normalized spacial score (nSPS) is 23.5. The van der Waals surface area contributed by atoms with Crippen LogP contribution in [0.25, 0.3) is 0 Å². The van der Waals surface area contributed by atoms with E-state index in [1.54, 1.807) is 0 Å². The third-order valence-electron chi connectivity index (χ3n) is 5.22. The number of hydrogen-bond donors (Lipinski definition) is 0. The Labute approximate surface area is 205 Å². The Hall–Kier alpha value is -1.82. The largest absolute Gasteiger partial charge is 0.455 e. The monoisotopic (exact) mass is 502 g/mol. The highest BCUT2D eigenvalue weighted by molar-refractivity contribution is 6.70. The first kappa shape index (κ1) is 26.8. The van der Waals surface area contributed by atoms with Crippen molar-refractivity contribution in [3.63, 3.8) is 0 Å². The number of carbonyl (C=O) groups excluding carboxylic acids is 1. The zero-order chi connectivity index (χ0) is 24.8. The molecule has 0 bridgehead atoms. The van der Waals surface area contributed by atoms with Crippen molar-refractivity contribution < 1.29 is 27.9 Å². The SMILES string of the molecule is C[Si](C)(C)OC[C@H]1OC(=O)[C@H](OCc2ccccc2)[C@@H](OCc2ccccc2)[C@H]1O[Si](C)(C)C. The van der Waals surface area contributed by atoms with Crippen LogP contribution in [-0.4, -0.2) is 53.6 Å². The van der Waals surface area contributed by atoms with Crippen LogP contribution >= 0.6 is 0 Å². The molecule has 1 saturated heterocycles. The molecule has 4 atom stereocenters. The highest BCUT2D eigenvalue weighted by atomic mass is 28.4. The van der Waals surface area contributed by atoms with E-state index in [9.17, 15) is 4.79 Å². The molecule has 0 unspecified atom stereocenters. The maximum atomic E-state index is 13.2. The Morgan fingerprint density at radius 3 is 1.76 bits per heavy atom. The molecule has 8 heteroatoms. The third-order valence-corrected chi connectivity index (χ3v) is 7.23. The van der Waals surface area contributed by atoms with Gasteiger partial charge in [-0.25, -0.2) is 4.79 Å². The first-order valence-corrected chi connectivity index (χ1v) is 18.7. The van der Waals surface area contributed by atoms with Crippen molar-refractivity contribution in [2.75, 3.05) is 6.61 Å². The minimum Gasteiger partial charge on any atom is -0.455 e. The van der Waals surface area contributed by atoms with Crippen LogP contribution in [0.5, 0.6) is 0 Å². The van der Waals surface area contributed by atoms with Crippen molar-refractivity contribution in [3.8, 4) is 0 Å². The fraction of sp³-hybridized carbons (Fsp3) is 0.500. The number of ether oxygens (including phenoxy) is 3. The molecule has 2 aromatic carbocycles. The average molecular weight is 503 g/mol. The van der Waals surface area contributed by atoms with Crippen LogP contribution < -0.4 is 0 Å². The number of hydrogen-bond acceptors (Lipinski definition) is 6. The van der Waals surface area contributed by atoms with E-state index in [0.29, 0.717) is 6.61 Å². The number of rotatable bonds is 11. The van der Waals surface area contributed by atoms with Crippen LogP contribution in [0.4, 0.5) is 0 Å². The lowest BCUT2D eigenvalue weighted by atomic mass is 9.99. The predicted octanol–water partition coefficient (Wildman–Crippen LogP) is 5.15. The minimum atomic E-state index is -2.02. The summed E-state index contributed by atoms with van der Waals surface area (Å²) in [7, 11) is -3.85. The molecule has 0 aromatic heterocycles. The van der Waals surface area contributed by atoms with Crippen LogP contribution in [0.3, 0.4) is 0 Å². The van der Waals surface area contributed by atoms with Gasteiger partial charge in [-0.3, -0.25) is 0 Å². The summed E-state index contributed by atoms with van der Waals surface area (Å²) in [6.07, 6.45) is -2.55. The first-order chi connectivity index (χ1) is 16.0. The lowest BCUT2D eigenvalue weighted by Crippen LogP contribution is -2.61. The number of benzene rings is 2. The molecule has 0 aliphatic carbocycles. The molecule has 1 fully saturated rings. The second-order valence-electron chi connectivity index (χ2n) is 10.6. The Bertz CT molecular complexity index is 895. The van der Waals surface area contributed by atoms with Gasteiger partial charge in [0, 0.05) is 0 Å². The topological polar surface area (TPSA) is 63.2 Å². The fourth-order valence-corrected chi connectivity index (χ4v) is 5.45. The molecule has 1 heterocycles. The maximum absolute atomic E-state index is 13.2. The van der Waals surface area contributed by atoms with E-state index in [0.717, 1.165) is 11.1 Å². The molecule has 34 heavy (non-hydrogen) atoms. The minimum absolute atomic E-state index is 0.279. The smallest absolute Gasteiger partial charge is 0.338 e. The van der Waals surface area contributed by atoms with Gasteiger partial charge >= 0.3 is 5.97 Å². The summed E-state index contributed by atoms with van der Waals surface area (Å²) in [5, 5.41) is 0. The number of esters is 1. The summed E-state index contributed by atoms with van der Waals surface area (Å²) in [5.41, 5.74) is 1.99. The Balaban J connectivity index is 1.86. The molecule has 0 saturated carbocycles. The summed E-state index contributed by atoms with van der Waals surface area (Å²) in [6, 6.07) is 19.7. The fourth-order valence-electron chi connectivity index (χ4n) is 3.69. The van der Waals surface area contributed by atoms with Crippen molar-refractivity contribution in [1.29, 1.82) is 0 Å². The van der Waals surface area contributed by atoms with Crippen LogP contribution in [0.1, 0.15) is 11.1 Å². The van der Waals surface area contributed by atoms with Gasteiger partial charge in [0.05, 0.1) is 19.8 Å². The highest BCUT2D eigenvalue weighted by Gasteiger charge is 2.50. The Kier molecular flexibility index (Phi) is 9.25. The summed E-state index contributed by atoms with van der Waals surface area (Å²) < 4.78 is 31.1. The van der Waals surface area contributed by atoms with Crippen molar-refractivity contribution >= 4 is 22.6 Å². The second-order valence-corrected chi connectivity index (χ2v) is 19.5. The maximum Gasteiger partial charge on any atom is 0.338 e. The molecule has 2 aromatic rings. The molecular weight excluding hydrogens is 464 g/mol. The number of cyclic esters (lactones) is 1. The van der Waals surface area contributed by atoms with Crippen LogP contribution in [0.15, 0.2) is 60.7 Å². The molecule has 3 rings (SSSR count). The summed E-state index contributed by atoms with van der Waals surface area (Å²) in [4.78, 5) is 13.2. The van der Waals surface area contributed by atoms with Crippen LogP contribution in [0.2, 0.25) is 39.3 Å². The number of carbonyl (C=O) groups is 1. The van der Waals surface area contributed by atoms with Gasteiger partial charge in [-0.05, 0) is 50.4 Å². The molecular formula is C26H38O6Si2. The lowest BCUT2D eigenvalue weighted by molar-refractivity contribution is -0.222. The third kappa shape index (κ3) is 8.44. The van der Waals surface area contributed by atoms with Crippen LogP contribution in [0, 0.1) is 0 Å². The molecule has 1 aliphatic rings. The molecule has 0 N–H and O–H groups in total. The van der Waals surface area contributed by atoms with E-state index < -0.39 is 47.0 Å². The molecule has 186 valence electrons. The molecule has 0 spiro atoms. The highest BCUT2D eigenvalue weighted by Crippen LogP contribution is 2.29. The van der Waals surface area contributed by atoms with E-state index in [1.807, 2.05) is 60.7 Å². The van der Waals surface area contributed by atoms with Crippen molar-refractivity contribution in [1.82, 2.24) is 0 Å². The molecule has 0 radical (unpaired) electrons. The van der Waals surface area contributed by atoms with Gasteiger partial charge in [-0.15, -0.1) is 0 Å². The van der Waals surface area contributed by atoms with Crippen molar-refractivity contribution in [2.45, 2.75) is 76.9 Å². The van der Waals surface area contributed by atoms with E-state index >= 15 is 0 Å². The molecule has 0 amide bonds.